The fourth-order valence-electron chi connectivity index (χ4n) is 3.66. The first-order valence-corrected chi connectivity index (χ1v) is 12.5. The van der Waals surface area contributed by atoms with Gasteiger partial charge in [0.05, 0.1) is 10.7 Å². The third-order valence-corrected chi connectivity index (χ3v) is 5.92. The van der Waals surface area contributed by atoms with Gasteiger partial charge in [0.15, 0.2) is 6.61 Å². The van der Waals surface area contributed by atoms with E-state index in [0.29, 0.717) is 22.0 Å². The quantitative estimate of drug-likeness (QED) is 0.492. The SMILES string of the molecule is CC.Cc1ccc(NC(=O)C(C(C)C)N2C(=O)N[C@H](c3ccc(OCC(=O)N(C)C)cc3)C2=O)c(Cl)c1. The highest BCUT2D eigenvalue weighted by Crippen LogP contribution is 2.29. The summed E-state index contributed by atoms with van der Waals surface area (Å²) in [7, 11) is 3.27. The van der Waals surface area contributed by atoms with Crippen molar-refractivity contribution in [3.63, 3.8) is 0 Å². The number of nitrogens with zero attached hydrogens (tertiary/aromatic N) is 2. The largest absolute Gasteiger partial charge is 0.484 e. The molecule has 0 aliphatic carbocycles. The summed E-state index contributed by atoms with van der Waals surface area (Å²) in [5.41, 5.74) is 1.87. The van der Waals surface area contributed by atoms with Crippen LogP contribution in [0.25, 0.3) is 0 Å². The highest BCUT2D eigenvalue weighted by Gasteiger charge is 2.46. The van der Waals surface area contributed by atoms with Gasteiger partial charge in [-0.2, -0.15) is 0 Å². The van der Waals surface area contributed by atoms with E-state index in [1.54, 1.807) is 70.4 Å². The molecule has 2 aromatic rings. The van der Waals surface area contributed by atoms with E-state index < -0.39 is 29.9 Å². The number of rotatable bonds is 8. The summed E-state index contributed by atoms with van der Waals surface area (Å²) in [6.07, 6.45) is 0. The summed E-state index contributed by atoms with van der Waals surface area (Å²) in [5, 5.41) is 5.76. The number of nitrogens with one attached hydrogen (secondary N) is 2. The first-order chi connectivity index (χ1) is 17.5. The molecule has 2 aromatic carbocycles. The number of ether oxygens (including phenoxy) is 1. The lowest BCUT2D eigenvalue weighted by Crippen LogP contribution is -2.50. The van der Waals surface area contributed by atoms with Gasteiger partial charge in [0, 0.05) is 14.1 Å². The molecular formula is C27H35ClN4O5. The number of benzene rings is 2. The van der Waals surface area contributed by atoms with Crippen LogP contribution in [-0.4, -0.2) is 60.3 Å². The molecule has 200 valence electrons. The smallest absolute Gasteiger partial charge is 0.325 e. The van der Waals surface area contributed by atoms with Gasteiger partial charge in [0.25, 0.3) is 11.8 Å². The number of likely N-dealkylation sites (N-methyl/N-ethyl adjacent to an activating group) is 1. The van der Waals surface area contributed by atoms with Crippen molar-refractivity contribution in [2.75, 3.05) is 26.0 Å². The van der Waals surface area contributed by atoms with E-state index in [0.717, 1.165) is 10.5 Å². The van der Waals surface area contributed by atoms with Gasteiger partial charge in [0.2, 0.25) is 5.91 Å². The van der Waals surface area contributed by atoms with E-state index in [-0.39, 0.29) is 18.4 Å². The molecule has 1 unspecified atom stereocenters. The Morgan fingerprint density at radius 1 is 1.11 bits per heavy atom. The molecule has 5 amide bonds. The number of hydrogen-bond donors (Lipinski definition) is 2. The molecule has 1 heterocycles. The van der Waals surface area contributed by atoms with Crippen LogP contribution in [0.4, 0.5) is 10.5 Å². The first-order valence-electron chi connectivity index (χ1n) is 12.1. The lowest BCUT2D eigenvalue weighted by atomic mass is 10.00. The predicted molar refractivity (Wildman–Crippen MR) is 144 cm³/mol. The zero-order chi connectivity index (χ0) is 27.9. The van der Waals surface area contributed by atoms with Crippen molar-refractivity contribution in [2.24, 2.45) is 5.92 Å². The molecule has 3 rings (SSSR count). The summed E-state index contributed by atoms with van der Waals surface area (Å²) in [4.78, 5) is 53.3. The number of amides is 5. The van der Waals surface area contributed by atoms with Gasteiger partial charge in [-0.05, 0) is 48.2 Å². The minimum Gasteiger partial charge on any atom is -0.484 e. The number of aryl methyl sites for hydroxylation is 1. The molecule has 1 aliphatic heterocycles. The van der Waals surface area contributed by atoms with Crippen molar-refractivity contribution in [3.8, 4) is 5.75 Å². The molecule has 9 nitrogen and oxygen atoms in total. The second-order valence-electron chi connectivity index (χ2n) is 8.90. The van der Waals surface area contributed by atoms with Gasteiger partial charge in [0.1, 0.15) is 17.8 Å². The van der Waals surface area contributed by atoms with E-state index >= 15 is 0 Å². The zero-order valence-corrected chi connectivity index (χ0v) is 23.1. The Morgan fingerprint density at radius 2 is 1.73 bits per heavy atom. The molecule has 0 spiro atoms. The van der Waals surface area contributed by atoms with Crippen LogP contribution < -0.4 is 15.4 Å². The van der Waals surface area contributed by atoms with Gasteiger partial charge in [-0.1, -0.05) is 57.5 Å². The maximum Gasteiger partial charge on any atom is 0.325 e. The lowest BCUT2D eigenvalue weighted by Gasteiger charge is -2.27. The molecule has 2 atom stereocenters. The van der Waals surface area contributed by atoms with Crippen LogP contribution in [0.2, 0.25) is 5.02 Å². The Balaban J connectivity index is 0.00000235. The van der Waals surface area contributed by atoms with E-state index in [9.17, 15) is 19.2 Å². The number of imide groups is 1. The third-order valence-electron chi connectivity index (χ3n) is 5.61. The predicted octanol–water partition coefficient (Wildman–Crippen LogP) is 4.40. The Hall–Kier alpha value is -3.59. The van der Waals surface area contributed by atoms with E-state index in [1.807, 2.05) is 20.8 Å². The van der Waals surface area contributed by atoms with E-state index in [1.165, 1.54) is 4.90 Å². The van der Waals surface area contributed by atoms with Crippen LogP contribution in [-0.2, 0) is 14.4 Å². The number of hydrogen-bond acceptors (Lipinski definition) is 5. The highest BCUT2D eigenvalue weighted by atomic mass is 35.5. The van der Waals surface area contributed by atoms with Crippen LogP contribution in [0.3, 0.4) is 0 Å². The Kier molecular flexibility index (Phi) is 10.5. The highest BCUT2D eigenvalue weighted by molar-refractivity contribution is 6.33. The lowest BCUT2D eigenvalue weighted by molar-refractivity contribution is -0.135. The summed E-state index contributed by atoms with van der Waals surface area (Å²) >= 11 is 6.24. The molecule has 2 N–H and O–H groups in total. The average molecular weight is 531 g/mol. The van der Waals surface area contributed by atoms with Crippen molar-refractivity contribution >= 4 is 41.0 Å². The number of halogens is 1. The average Bonchev–Trinajstić information content (AvgIpc) is 3.14. The molecule has 1 aliphatic rings. The topological polar surface area (TPSA) is 108 Å². The summed E-state index contributed by atoms with van der Waals surface area (Å²) in [6.45, 7) is 9.28. The monoisotopic (exact) mass is 530 g/mol. The minimum absolute atomic E-state index is 0.116. The van der Waals surface area contributed by atoms with Gasteiger partial charge in [-0.15, -0.1) is 0 Å². The third kappa shape index (κ3) is 7.22. The maximum atomic E-state index is 13.3. The summed E-state index contributed by atoms with van der Waals surface area (Å²) < 4.78 is 5.45. The van der Waals surface area contributed by atoms with Crippen molar-refractivity contribution in [2.45, 2.75) is 46.7 Å². The van der Waals surface area contributed by atoms with Gasteiger partial charge in [-0.3, -0.25) is 14.4 Å². The Labute approximate surface area is 223 Å². The van der Waals surface area contributed by atoms with Gasteiger partial charge < -0.3 is 20.3 Å². The molecule has 0 aromatic heterocycles. The molecule has 0 saturated carbocycles. The van der Waals surface area contributed by atoms with Crippen LogP contribution in [0.5, 0.6) is 5.75 Å². The second kappa shape index (κ2) is 13.1. The Morgan fingerprint density at radius 3 is 2.27 bits per heavy atom. The summed E-state index contributed by atoms with van der Waals surface area (Å²) in [5.74, 6) is -1.13. The molecule has 37 heavy (non-hydrogen) atoms. The molecule has 1 saturated heterocycles. The van der Waals surface area contributed by atoms with Gasteiger partial charge >= 0.3 is 6.03 Å². The molecular weight excluding hydrogens is 496 g/mol. The Bertz CT molecular complexity index is 1130. The number of carbonyl (C=O) groups is 4. The van der Waals surface area contributed by atoms with Crippen molar-refractivity contribution < 1.29 is 23.9 Å². The summed E-state index contributed by atoms with van der Waals surface area (Å²) in [6, 6.07) is 9.07. The van der Waals surface area contributed by atoms with Crippen molar-refractivity contribution in [1.29, 1.82) is 0 Å². The van der Waals surface area contributed by atoms with Crippen LogP contribution in [0.1, 0.15) is 44.9 Å². The zero-order valence-electron chi connectivity index (χ0n) is 22.3. The normalized spacial score (nSPS) is 15.5. The molecule has 1 fully saturated rings. The number of urea groups is 1. The first kappa shape index (κ1) is 29.6. The standard InChI is InChI=1S/C25H29ClN4O5.C2H6/c1-14(2)22(23(32)27-19-11-6-15(3)12-18(19)26)30-24(33)21(28-25(30)34)16-7-9-17(10-8-16)35-13-20(31)29(4)5;1-2/h6-12,14,21-22H,13H2,1-5H3,(H,27,32)(H,28,34);1-2H3/t21-,22?;/m1./s1. The number of anilines is 1. The van der Waals surface area contributed by atoms with Gasteiger partial charge in [-0.25, -0.2) is 9.69 Å². The number of carbonyl (C=O) groups excluding carboxylic acids is 4. The fourth-order valence-corrected chi connectivity index (χ4v) is 3.94. The second-order valence-corrected chi connectivity index (χ2v) is 9.31. The van der Waals surface area contributed by atoms with Crippen LogP contribution in [0, 0.1) is 12.8 Å². The maximum absolute atomic E-state index is 13.3. The van der Waals surface area contributed by atoms with Crippen LogP contribution >= 0.6 is 11.6 Å². The van der Waals surface area contributed by atoms with Crippen molar-refractivity contribution in [1.82, 2.24) is 15.1 Å². The fraction of sp³-hybridized carbons (Fsp3) is 0.407. The molecule has 10 heteroatoms. The molecule has 0 radical (unpaired) electrons. The van der Waals surface area contributed by atoms with Crippen LogP contribution in [0.15, 0.2) is 42.5 Å². The minimum atomic E-state index is -1.04. The molecule has 0 bridgehead atoms. The van der Waals surface area contributed by atoms with Crippen molar-refractivity contribution in [3.05, 3.63) is 58.6 Å². The van der Waals surface area contributed by atoms with E-state index in [4.69, 9.17) is 16.3 Å². The van der Waals surface area contributed by atoms with E-state index in [2.05, 4.69) is 10.6 Å².